The number of nitrogens with zero attached hydrogens (tertiary/aromatic N) is 1. The average molecular weight is 294 g/mol. The van der Waals surface area contributed by atoms with E-state index in [1.54, 1.807) is 13.8 Å². The molecule has 0 spiro atoms. The number of alkyl halides is 3. The maximum absolute atomic E-state index is 12.5. The van der Waals surface area contributed by atoms with E-state index in [9.17, 15) is 18.0 Å². The zero-order valence-electron chi connectivity index (χ0n) is 12.2. The Morgan fingerprint density at radius 1 is 1.35 bits per heavy atom. The predicted octanol–water partition coefficient (Wildman–Crippen LogP) is 3.08. The fourth-order valence-corrected chi connectivity index (χ4v) is 2.82. The highest BCUT2D eigenvalue weighted by atomic mass is 19.4. The summed E-state index contributed by atoms with van der Waals surface area (Å²) in [6.45, 7) is 2.06. The van der Waals surface area contributed by atoms with Gasteiger partial charge in [-0.05, 0) is 39.0 Å². The van der Waals surface area contributed by atoms with Gasteiger partial charge < -0.3 is 10.6 Å². The van der Waals surface area contributed by atoms with Crippen molar-refractivity contribution in [3.63, 3.8) is 0 Å². The summed E-state index contributed by atoms with van der Waals surface area (Å²) in [5.74, 6) is -0.0286. The van der Waals surface area contributed by atoms with Crippen LogP contribution in [0.5, 0.6) is 0 Å². The van der Waals surface area contributed by atoms with Crippen LogP contribution in [0.2, 0.25) is 0 Å². The van der Waals surface area contributed by atoms with E-state index in [0.717, 1.165) is 30.6 Å². The molecule has 1 amide bonds. The van der Waals surface area contributed by atoms with Gasteiger partial charge in [0.2, 0.25) is 5.91 Å². The zero-order valence-corrected chi connectivity index (χ0v) is 12.2. The Kier molecular flexibility index (Phi) is 6.30. The molecule has 20 heavy (non-hydrogen) atoms. The van der Waals surface area contributed by atoms with Crippen LogP contribution in [-0.4, -0.2) is 35.6 Å². The van der Waals surface area contributed by atoms with Gasteiger partial charge in [0.05, 0.1) is 0 Å². The first-order valence-electron chi connectivity index (χ1n) is 7.31. The molecule has 1 aliphatic carbocycles. The molecule has 0 bridgehead atoms. The summed E-state index contributed by atoms with van der Waals surface area (Å²) in [5.41, 5.74) is 5.88. The summed E-state index contributed by atoms with van der Waals surface area (Å²) in [6, 6.07) is -0.252. The average Bonchev–Trinajstić information content (AvgIpc) is 2.32. The Balaban J connectivity index is 2.45. The van der Waals surface area contributed by atoms with E-state index >= 15 is 0 Å². The third-order valence-electron chi connectivity index (χ3n) is 3.88. The van der Waals surface area contributed by atoms with Gasteiger partial charge in [0.25, 0.3) is 0 Å². The number of carbonyl (C=O) groups excluding carboxylic acids is 1. The van der Waals surface area contributed by atoms with Gasteiger partial charge in [-0.1, -0.05) is 12.8 Å². The maximum atomic E-state index is 12.5. The molecular weight excluding hydrogens is 269 g/mol. The summed E-state index contributed by atoms with van der Waals surface area (Å²) in [4.78, 5) is 12.9. The molecule has 0 aromatic carbocycles. The fourth-order valence-electron chi connectivity index (χ4n) is 2.82. The summed E-state index contributed by atoms with van der Waals surface area (Å²) >= 11 is 0. The molecule has 0 aromatic heterocycles. The smallest absolute Gasteiger partial charge is 0.331 e. The molecule has 1 fully saturated rings. The van der Waals surface area contributed by atoms with Crippen LogP contribution in [0.4, 0.5) is 13.2 Å². The van der Waals surface area contributed by atoms with Gasteiger partial charge in [0, 0.05) is 18.5 Å². The molecule has 2 atom stereocenters. The van der Waals surface area contributed by atoms with Gasteiger partial charge in [-0.25, -0.2) is 0 Å². The van der Waals surface area contributed by atoms with E-state index in [1.807, 2.05) is 0 Å². The number of rotatable bonds is 5. The summed E-state index contributed by atoms with van der Waals surface area (Å²) < 4.78 is 37.4. The van der Waals surface area contributed by atoms with E-state index in [4.69, 9.17) is 5.73 Å². The van der Waals surface area contributed by atoms with Gasteiger partial charge in [0.1, 0.15) is 6.54 Å². The van der Waals surface area contributed by atoms with Crippen molar-refractivity contribution in [2.45, 2.75) is 70.6 Å². The largest absolute Gasteiger partial charge is 0.406 e. The van der Waals surface area contributed by atoms with E-state index in [-0.39, 0.29) is 12.5 Å². The number of amides is 1. The molecule has 118 valence electrons. The summed E-state index contributed by atoms with van der Waals surface area (Å²) in [7, 11) is 0. The molecule has 0 saturated heterocycles. The van der Waals surface area contributed by atoms with Crippen molar-refractivity contribution < 1.29 is 18.0 Å². The second-order valence-corrected chi connectivity index (χ2v) is 6.06. The van der Waals surface area contributed by atoms with Gasteiger partial charge >= 0.3 is 6.18 Å². The van der Waals surface area contributed by atoms with E-state index in [1.165, 1.54) is 0 Å². The molecule has 1 rings (SSSR count). The van der Waals surface area contributed by atoms with E-state index < -0.39 is 24.7 Å². The van der Waals surface area contributed by atoms with Crippen LogP contribution in [0, 0.1) is 5.92 Å². The fraction of sp³-hybridized carbons (Fsp3) is 0.929. The third kappa shape index (κ3) is 6.11. The van der Waals surface area contributed by atoms with E-state index in [0.29, 0.717) is 12.3 Å². The molecule has 3 nitrogen and oxygen atoms in total. The van der Waals surface area contributed by atoms with Crippen LogP contribution in [0.1, 0.15) is 52.4 Å². The lowest BCUT2D eigenvalue weighted by atomic mass is 9.83. The lowest BCUT2D eigenvalue weighted by Gasteiger charge is -2.30. The quantitative estimate of drug-likeness (QED) is 0.847. The Morgan fingerprint density at radius 3 is 2.50 bits per heavy atom. The van der Waals surface area contributed by atoms with Crippen molar-refractivity contribution in [3.8, 4) is 0 Å². The molecule has 0 heterocycles. The molecule has 1 aliphatic rings. The van der Waals surface area contributed by atoms with Crippen LogP contribution in [0.3, 0.4) is 0 Å². The van der Waals surface area contributed by atoms with Gasteiger partial charge in [-0.2, -0.15) is 13.2 Å². The molecular formula is C14H25F3N2O. The first-order chi connectivity index (χ1) is 9.19. The van der Waals surface area contributed by atoms with Crippen LogP contribution in [-0.2, 0) is 4.79 Å². The first-order valence-corrected chi connectivity index (χ1v) is 7.31. The minimum atomic E-state index is -4.34. The number of hydrogen-bond donors (Lipinski definition) is 1. The van der Waals surface area contributed by atoms with Crippen molar-refractivity contribution in [3.05, 3.63) is 0 Å². The SMILES string of the molecule is CC(C)N(CC(F)(F)F)C(=O)CCC1CCCC(N)C1. The number of nitrogens with two attached hydrogens (primary N) is 1. The maximum Gasteiger partial charge on any atom is 0.406 e. The van der Waals surface area contributed by atoms with E-state index in [2.05, 4.69) is 0 Å². The second-order valence-electron chi connectivity index (χ2n) is 6.06. The third-order valence-corrected chi connectivity index (χ3v) is 3.88. The Hall–Kier alpha value is -0.780. The molecule has 0 radical (unpaired) electrons. The highest BCUT2D eigenvalue weighted by Gasteiger charge is 2.34. The van der Waals surface area contributed by atoms with Crippen LogP contribution >= 0.6 is 0 Å². The van der Waals surface area contributed by atoms with Crippen molar-refractivity contribution in [1.82, 2.24) is 4.90 Å². The van der Waals surface area contributed by atoms with Gasteiger partial charge in [-0.15, -0.1) is 0 Å². The Bertz CT molecular complexity index is 318. The molecule has 6 heteroatoms. The van der Waals surface area contributed by atoms with Gasteiger partial charge in [0.15, 0.2) is 0 Å². The number of hydrogen-bond acceptors (Lipinski definition) is 2. The lowest BCUT2D eigenvalue weighted by Crippen LogP contribution is -2.43. The normalized spacial score (nSPS) is 23.9. The lowest BCUT2D eigenvalue weighted by molar-refractivity contribution is -0.164. The standard InChI is InChI=1S/C14H25F3N2O/c1-10(2)19(9-14(15,16)17)13(20)7-6-11-4-3-5-12(18)8-11/h10-12H,3-9,18H2,1-2H3. The highest BCUT2D eigenvalue weighted by molar-refractivity contribution is 5.76. The highest BCUT2D eigenvalue weighted by Crippen LogP contribution is 2.27. The Labute approximate surface area is 118 Å². The van der Waals surface area contributed by atoms with Gasteiger partial charge in [-0.3, -0.25) is 4.79 Å². The predicted molar refractivity (Wildman–Crippen MR) is 72.1 cm³/mol. The molecule has 0 aromatic rings. The number of carbonyl (C=O) groups is 1. The molecule has 0 aliphatic heterocycles. The summed E-state index contributed by atoms with van der Waals surface area (Å²) in [5, 5.41) is 0. The van der Waals surface area contributed by atoms with Crippen molar-refractivity contribution in [2.75, 3.05) is 6.54 Å². The molecule has 1 saturated carbocycles. The van der Waals surface area contributed by atoms with Crippen LogP contribution < -0.4 is 5.73 Å². The minimum absolute atomic E-state index is 0.181. The van der Waals surface area contributed by atoms with Crippen molar-refractivity contribution in [1.29, 1.82) is 0 Å². The second kappa shape index (κ2) is 7.29. The number of halogens is 3. The summed E-state index contributed by atoms with van der Waals surface area (Å²) in [6.07, 6.45) is 0.468. The zero-order chi connectivity index (χ0) is 15.3. The first kappa shape index (κ1) is 17.3. The molecule has 2 N–H and O–H groups in total. The minimum Gasteiger partial charge on any atom is -0.331 e. The monoisotopic (exact) mass is 294 g/mol. The van der Waals surface area contributed by atoms with Crippen LogP contribution in [0.15, 0.2) is 0 Å². The van der Waals surface area contributed by atoms with Crippen molar-refractivity contribution in [2.24, 2.45) is 11.7 Å². The topological polar surface area (TPSA) is 46.3 Å². The Morgan fingerprint density at radius 2 is 2.00 bits per heavy atom. The van der Waals surface area contributed by atoms with Crippen molar-refractivity contribution >= 4 is 5.91 Å². The molecule has 2 unspecified atom stereocenters. The van der Waals surface area contributed by atoms with Crippen LogP contribution in [0.25, 0.3) is 0 Å².